The maximum Gasteiger partial charge on any atom is 0.352 e. The number of aliphatic hydroxyl groups is 3. The number of carboxylic acid groups (broad SMARTS) is 1. The van der Waals surface area contributed by atoms with E-state index in [-0.39, 0.29) is 29.7 Å². The smallest absolute Gasteiger partial charge is 0.352 e. The van der Waals surface area contributed by atoms with Crippen LogP contribution in [0.2, 0.25) is 0 Å². The molecule has 7 atom stereocenters. The molecular formula is C25H31NO11. The van der Waals surface area contributed by atoms with Crippen LogP contribution in [0.4, 0.5) is 0 Å². The Bertz CT molecular complexity index is 1170. The van der Waals surface area contributed by atoms with E-state index in [0.717, 1.165) is 12.5 Å². The normalized spacial score (nSPS) is 30.9. The summed E-state index contributed by atoms with van der Waals surface area (Å²) in [6.45, 7) is 5.51. The van der Waals surface area contributed by atoms with Crippen molar-refractivity contribution in [3.8, 4) is 11.5 Å². The molecule has 0 unspecified atom stereocenters. The van der Waals surface area contributed by atoms with Gasteiger partial charge in [0.2, 0.25) is 0 Å². The largest absolute Gasteiger partial charge is 0.504 e. The van der Waals surface area contributed by atoms with Gasteiger partial charge in [-0.2, -0.15) is 0 Å². The first-order valence-corrected chi connectivity index (χ1v) is 11.9. The van der Waals surface area contributed by atoms with Crippen molar-refractivity contribution in [1.29, 1.82) is 0 Å². The highest BCUT2D eigenvalue weighted by atomic mass is 16.6. The van der Waals surface area contributed by atoms with Gasteiger partial charge in [-0.15, -0.1) is 0 Å². The quantitative estimate of drug-likeness (QED) is 0.309. The average molecular weight is 522 g/mol. The maximum absolute atomic E-state index is 12.8. The van der Waals surface area contributed by atoms with Crippen molar-refractivity contribution in [2.24, 2.45) is 0 Å². The number of fused-ring (bicyclic) bond motifs is 1. The Hall–Kier alpha value is -3.19. The van der Waals surface area contributed by atoms with Crippen LogP contribution in [-0.4, -0.2) is 98.0 Å². The van der Waals surface area contributed by atoms with Gasteiger partial charge in [0.15, 0.2) is 35.9 Å². The highest BCUT2D eigenvalue weighted by Gasteiger charge is 2.69. The lowest BCUT2D eigenvalue weighted by Crippen LogP contribution is -2.71. The number of hydrogen-bond donors (Lipinski definition) is 5. The summed E-state index contributed by atoms with van der Waals surface area (Å²) in [7, 11) is 1.90. The number of carbonyl (C=O) groups excluding carboxylic acids is 2. The Balaban J connectivity index is 1.64. The van der Waals surface area contributed by atoms with E-state index in [1.165, 1.54) is 12.1 Å². The molecule has 1 fully saturated rings. The molecule has 2 heterocycles. The average Bonchev–Trinajstić information content (AvgIpc) is 3.22. The summed E-state index contributed by atoms with van der Waals surface area (Å²) in [6.07, 6.45) is -5.31. The Kier molecular flexibility index (Phi) is 6.74. The van der Waals surface area contributed by atoms with Crippen molar-refractivity contribution in [3.05, 3.63) is 35.1 Å². The fourth-order valence-corrected chi connectivity index (χ4v) is 5.76. The summed E-state index contributed by atoms with van der Waals surface area (Å²) in [5.41, 5.74) is -0.943. The lowest BCUT2D eigenvalue weighted by Gasteiger charge is -2.58. The number of aromatic hydroxyl groups is 1. The number of carbonyl (C=O) groups is 3. The van der Waals surface area contributed by atoms with Gasteiger partial charge in [0.25, 0.3) is 0 Å². The van der Waals surface area contributed by atoms with Crippen LogP contribution in [0.25, 0.3) is 0 Å². The van der Waals surface area contributed by atoms with Crippen LogP contribution in [0.5, 0.6) is 11.5 Å². The lowest BCUT2D eigenvalue weighted by atomic mass is 9.54. The van der Waals surface area contributed by atoms with Crippen molar-refractivity contribution in [1.82, 2.24) is 4.90 Å². The molecule has 0 aromatic heterocycles. The van der Waals surface area contributed by atoms with Gasteiger partial charge in [-0.25, -0.2) is 14.4 Å². The van der Waals surface area contributed by atoms with E-state index < -0.39 is 53.3 Å². The van der Waals surface area contributed by atoms with Crippen molar-refractivity contribution in [2.45, 2.75) is 75.1 Å². The zero-order chi connectivity index (χ0) is 27.4. The second kappa shape index (κ2) is 9.28. The molecule has 1 aromatic carbocycles. The lowest BCUT2D eigenvalue weighted by molar-refractivity contribution is -0.180. The fourth-order valence-electron chi connectivity index (χ4n) is 5.76. The highest BCUT2D eigenvalue weighted by molar-refractivity contribution is 5.86. The monoisotopic (exact) mass is 521 g/mol. The third-order valence-electron chi connectivity index (χ3n) is 7.97. The molecule has 12 heteroatoms. The predicted octanol–water partition coefficient (Wildman–Crippen LogP) is -0.277. The van der Waals surface area contributed by atoms with Crippen LogP contribution >= 0.6 is 0 Å². The van der Waals surface area contributed by atoms with E-state index in [1.807, 2.05) is 25.8 Å². The fraction of sp³-hybridized carbons (Fsp3) is 0.560. The molecular weight excluding hydrogens is 490 g/mol. The number of carboxylic acids is 1. The Morgan fingerprint density at radius 2 is 1.86 bits per heavy atom. The number of aliphatic hydroxyl groups excluding tert-OH is 2. The minimum atomic E-state index is -2.43. The summed E-state index contributed by atoms with van der Waals surface area (Å²) < 4.78 is 16.6. The molecule has 0 saturated carbocycles. The first-order valence-electron chi connectivity index (χ1n) is 11.9. The predicted molar refractivity (Wildman–Crippen MR) is 125 cm³/mol. The van der Waals surface area contributed by atoms with Gasteiger partial charge in [0, 0.05) is 18.0 Å². The Labute approximate surface area is 212 Å². The molecule has 0 bridgehead atoms. The molecule has 1 spiro atoms. The van der Waals surface area contributed by atoms with Crippen molar-refractivity contribution < 1.29 is 54.1 Å². The zero-order valence-corrected chi connectivity index (χ0v) is 20.9. The maximum atomic E-state index is 12.8. The standard InChI is InChI=1S/C25H31NO11/c1-11-5-6-14(27)19-16(11)24-9-10-26(4)13(3)25(24,34)8-7-15(20(24)37-19)36-22(32)12(2)35-23(33)18(29)17(28)21(30)31/h5-7,12-13,17-18,20,27-29,34H,8-10H2,1-4H3,(H,30,31)/t12-,13+,17+,18+,20-,24-,25+/m0/s1. The summed E-state index contributed by atoms with van der Waals surface area (Å²) >= 11 is 0. The number of rotatable bonds is 6. The number of hydrogen-bond acceptors (Lipinski definition) is 11. The third kappa shape index (κ3) is 3.95. The molecule has 0 radical (unpaired) electrons. The molecule has 3 aliphatic rings. The van der Waals surface area contributed by atoms with E-state index in [2.05, 4.69) is 0 Å². The molecule has 5 N–H and O–H groups in total. The van der Waals surface area contributed by atoms with Crippen molar-refractivity contribution >= 4 is 17.9 Å². The number of aryl methyl sites for hydroxylation is 1. The number of ether oxygens (including phenoxy) is 3. The van der Waals surface area contributed by atoms with Gasteiger partial charge in [-0.1, -0.05) is 6.07 Å². The van der Waals surface area contributed by atoms with Crippen molar-refractivity contribution in [2.75, 3.05) is 13.6 Å². The number of aliphatic carboxylic acids is 1. The number of nitrogens with zero attached hydrogens (tertiary/aromatic N) is 1. The molecule has 0 amide bonds. The van der Waals surface area contributed by atoms with E-state index in [1.54, 1.807) is 6.07 Å². The number of phenols is 1. The summed E-state index contributed by atoms with van der Waals surface area (Å²) in [5.74, 6) is -4.24. The minimum Gasteiger partial charge on any atom is -0.504 e. The zero-order valence-electron chi connectivity index (χ0n) is 20.9. The number of benzene rings is 1. The van der Waals surface area contributed by atoms with Gasteiger partial charge < -0.3 is 44.6 Å². The molecule has 202 valence electrons. The van der Waals surface area contributed by atoms with Crippen LogP contribution in [0.15, 0.2) is 24.0 Å². The molecule has 1 aliphatic carbocycles. The molecule has 1 saturated heterocycles. The molecule has 37 heavy (non-hydrogen) atoms. The van der Waals surface area contributed by atoms with Gasteiger partial charge in [0.1, 0.15) is 5.76 Å². The van der Waals surface area contributed by atoms with Gasteiger partial charge in [-0.05, 0) is 58.5 Å². The van der Waals surface area contributed by atoms with Gasteiger partial charge >= 0.3 is 17.9 Å². The van der Waals surface area contributed by atoms with E-state index in [9.17, 15) is 34.8 Å². The van der Waals surface area contributed by atoms with E-state index in [0.29, 0.717) is 18.5 Å². The number of piperidine rings is 1. The summed E-state index contributed by atoms with van der Waals surface area (Å²) in [5, 5.41) is 50.5. The van der Waals surface area contributed by atoms with Gasteiger partial charge in [-0.3, -0.25) is 0 Å². The third-order valence-corrected chi connectivity index (χ3v) is 7.97. The Morgan fingerprint density at radius 3 is 2.51 bits per heavy atom. The van der Waals surface area contributed by atoms with E-state index >= 15 is 0 Å². The van der Waals surface area contributed by atoms with Crippen LogP contribution in [0, 0.1) is 6.92 Å². The molecule has 2 aliphatic heterocycles. The number of esters is 2. The number of likely N-dealkylation sites (N-methyl/N-ethyl adjacent to an activating group) is 1. The molecule has 1 aromatic rings. The number of phenolic OH excluding ortho intramolecular Hbond substituents is 1. The van der Waals surface area contributed by atoms with Crippen LogP contribution in [-0.2, 0) is 29.3 Å². The van der Waals surface area contributed by atoms with Crippen LogP contribution < -0.4 is 4.74 Å². The summed E-state index contributed by atoms with van der Waals surface area (Å²) in [4.78, 5) is 37.7. The summed E-state index contributed by atoms with van der Waals surface area (Å²) in [6, 6.07) is 2.92. The second-order valence-electron chi connectivity index (χ2n) is 9.94. The highest BCUT2D eigenvalue weighted by Crippen LogP contribution is 2.62. The topological polar surface area (TPSA) is 183 Å². The molecule has 12 nitrogen and oxygen atoms in total. The minimum absolute atomic E-state index is 0.0652. The molecule has 4 rings (SSSR count). The van der Waals surface area contributed by atoms with Crippen molar-refractivity contribution in [3.63, 3.8) is 0 Å². The first kappa shape index (κ1) is 26.9. The van der Waals surface area contributed by atoms with Crippen LogP contribution in [0.1, 0.15) is 37.8 Å². The Morgan fingerprint density at radius 1 is 1.19 bits per heavy atom. The number of likely N-dealkylation sites (tertiary alicyclic amines) is 1. The van der Waals surface area contributed by atoms with E-state index in [4.69, 9.17) is 19.3 Å². The second-order valence-corrected chi connectivity index (χ2v) is 9.94. The van der Waals surface area contributed by atoms with Gasteiger partial charge in [0.05, 0.1) is 11.0 Å². The van der Waals surface area contributed by atoms with Crippen LogP contribution in [0.3, 0.4) is 0 Å². The SMILES string of the molecule is Cc1ccc(O)c2c1[C@]13CCN(C)[C@H](C)[C@]1(O)CC=C(OC(=O)[C@H](C)OC(=O)[C@H](O)[C@@H](O)C(=O)O)[C@@H]3O2. The first-order chi connectivity index (χ1) is 17.3.